The number of anilines is 1. The largest absolute Gasteiger partial charge is 0.423 e. The number of carbonyl (C=O) groups is 1. The third-order valence-electron chi connectivity index (χ3n) is 3.66. The fraction of sp³-hybridized carbons (Fsp3) is 0.438. The molecule has 2 rings (SSSR count). The second-order valence-electron chi connectivity index (χ2n) is 5.82. The Labute approximate surface area is 135 Å². The van der Waals surface area contributed by atoms with Gasteiger partial charge in [-0.15, -0.1) is 10.2 Å². The molecule has 0 fully saturated rings. The zero-order valence-electron chi connectivity index (χ0n) is 13.6. The zero-order valence-corrected chi connectivity index (χ0v) is 13.6. The molecule has 1 aromatic carbocycles. The van der Waals surface area contributed by atoms with Gasteiger partial charge in [0.25, 0.3) is 0 Å². The molecule has 0 radical (unpaired) electrons. The molecule has 2 amide bonds. The van der Waals surface area contributed by atoms with Gasteiger partial charge < -0.3 is 20.2 Å². The Morgan fingerprint density at radius 3 is 2.83 bits per heavy atom. The summed E-state index contributed by atoms with van der Waals surface area (Å²) in [5, 5.41) is 22.6. The van der Waals surface area contributed by atoms with Crippen LogP contribution in [0.25, 0.3) is 11.5 Å². The smallest absolute Gasteiger partial charge is 0.319 e. The van der Waals surface area contributed by atoms with E-state index in [1.54, 1.807) is 6.07 Å². The fourth-order valence-corrected chi connectivity index (χ4v) is 2.35. The second kappa shape index (κ2) is 7.23. The Balaban J connectivity index is 2.13. The minimum absolute atomic E-state index is 0.116. The van der Waals surface area contributed by atoms with Gasteiger partial charge in [-0.2, -0.15) is 0 Å². The first-order chi connectivity index (χ1) is 11.0. The minimum atomic E-state index is -0.642. The number of amides is 2. The van der Waals surface area contributed by atoms with Crippen LogP contribution in [-0.2, 0) is 0 Å². The Hall–Kier alpha value is -2.41. The van der Waals surface area contributed by atoms with E-state index in [9.17, 15) is 9.90 Å². The number of nitrogens with one attached hydrogen (secondary N) is 2. The number of aliphatic hydroxyl groups excluding tert-OH is 1. The van der Waals surface area contributed by atoms with Crippen molar-refractivity contribution in [3.8, 4) is 11.5 Å². The van der Waals surface area contributed by atoms with Gasteiger partial charge in [-0.25, -0.2) is 4.79 Å². The van der Waals surface area contributed by atoms with Crippen molar-refractivity contribution in [3.63, 3.8) is 0 Å². The summed E-state index contributed by atoms with van der Waals surface area (Å²) in [4.78, 5) is 12.2. The molecule has 7 nitrogen and oxygen atoms in total. The van der Waals surface area contributed by atoms with Crippen molar-refractivity contribution >= 4 is 11.7 Å². The lowest BCUT2D eigenvalue weighted by atomic mass is 9.97. The van der Waals surface area contributed by atoms with Crippen LogP contribution < -0.4 is 10.6 Å². The van der Waals surface area contributed by atoms with Gasteiger partial charge in [-0.05, 0) is 38.0 Å². The van der Waals surface area contributed by atoms with Crippen molar-refractivity contribution in [3.05, 3.63) is 30.2 Å². The molecule has 1 atom stereocenters. The van der Waals surface area contributed by atoms with Crippen LogP contribution >= 0.6 is 0 Å². The van der Waals surface area contributed by atoms with Crippen LogP contribution in [0.1, 0.15) is 32.3 Å². The summed E-state index contributed by atoms with van der Waals surface area (Å²) in [5.41, 5.74) is 1.64. The van der Waals surface area contributed by atoms with E-state index in [1.807, 2.05) is 32.9 Å². The second-order valence-corrected chi connectivity index (χ2v) is 5.82. The van der Waals surface area contributed by atoms with Gasteiger partial charge >= 0.3 is 6.03 Å². The number of urea groups is 1. The van der Waals surface area contributed by atoms with Gasteiger partial charge in [-0.3, -0.25) is 0 Å². The van der Waals surface area contributed by atoms with Gasteiger partial charge in [0.1, 0.15) is 0 Å². The average Bonchev–Trinajstić information content (AvgIpc) is 3.04. The van der Waals surface area contributed by atoms with Crippen molar-refractivity contribution in [1.29, 1.82) is 0 Å². The molecule has 7 heteroatoms. The molecular weight excluding hydrogens is 296 g/mol. The quantitative estimate of drug-likeness (QED) is 0.760. The van der Waals surface area contributed by atoms with Crippen molar-refractivity contribution in [2.75, 3.05) is 11.9 Å². The lowest BCUT2D eigenvalue weighted by Crippen LogP contribution is -2.50. The van der Waals surface area contributed by atoms with Crippen LogP contribution in [-0.4, -0.2) is 33.5 Å². The number of hydrogen-bond donors (Lipinski definition) is 3. The number of benzene rings is 1. The molecule has 1 aromatic heterocycles. The summed E-state index contributed by atoms with van der Waals surface area (Å²) in [6.45, 7) is 5.60. The summed E-state index contributed by atoms with van der Waals surface area (Å²) in [5.74, 6) is 0.389. The Kier molecular flexibility index (Phi) is 5.33. The van der Waals surface area contributed by atoms with Crippen LogP contribution in [0.5, 0.6) is 0 Å². The molecule has 0 saturated heterocycles. The number of aliphatic hydroxyl groups is 1. The number of aromatic nitrogens is 2. The van der Waals surface area contributed by atoms with Crippen LogP contribution in [0.3, 0.4) is 0 Å². The van der Waals surface area contributed by atoms with Gasteiger partial charge in [-0.1, -0.05) is 19.4 Å². The van der Waals surface area contributed by atoms with Gasteiger partial charge in [0.15, 0.2) is 0 Å². The molecule has 0 aliphatic heterocycles. The monoisotopic (exact) mass is 318 g/mol. The number of carbonyl (C=O) groups excluding carboxylic acids is 1. The highest BCUT2D eigenvalue weighted by Crippen LogP contribution is 2.24. The van der Waals surface area contributed by atoms with E-state index in [0.717, 1.165) is 17.5 Å². The normalized spacial score (nSPS) is 13.4. The fourth-order valence-electron chi connectivity index (χ4n) is 2.35. The van der Waals surface area contributed by atoms with E-state index in [0.29, 0.717) is 18.0 Å². The van der Waals surface area contributed by atoms with Crippen molar-refractivity contribution in [2.24, 2.45) is 0 Å². The summed E-state index contributed by atoms with van der Waals surface area (Å²) >= 11 is 0. The summed E-state index contributed by atoms with van der Waals surface area (Å²) in [6.07, 6.45) is 2.81. The maximum atomic E-state index is 12.2. The van der Waals surface area contributed by atoms with Crippen molar-refractivity contribution < 1.29 is 14.3 Å². The SMILES string of the molecule is CCCC(C)(CO)NC(=O)Nc1cc(-c2nnco2)ccc1C. The number of aryl methyl sites for hydroxylation is 1. The molecule has 2 aromatic rings. The van der Waals surface area contributed by atoms with Gasteiger partial charge in [0, 0.05) is 11.3 Å². The molecule has 0 aliphatic rings. The first-order valence-electron chi connectivity index (χ1n) is 7.54. The van der Waals surface area contributed by atoms with Crippen LogP contribution in [0.15, 0.2) is 29.0 Å². The number of nitrogens with zero attached hydrogens (tertiary/aromatic N) is 2. The third kappa shape index (κ3) is 4.29. The Morgan fingerprint density at radius 2 is 2.22 bits per heavy atom. The lowest BCUT2D eigenvalue weighted by molar-refractivity contribution is 0.167. The highest BCUT2D eigenvalue weighted by atomic mass is 16.4. The van der Waals surface area contributed by atoms with Crippen molar-refractivity contribution in [2.45, 2.75) is 39.2 Å². The minimum Gasteiger partial charge on any atom is -0.423 e. The van der Waals surface area contributed by atoms with Crippen LogP contribution in [0.2, 0.25) is 0 Å². The molecular formula is C16H22N4O3. The average molecular weight is 318 g/mol. The highest BCUT2D eigenvalue weighted by molar-refractivity contribution is 5.91. The first kappa shape index (κ1) is 17.0. The predicted octanol–water partition coefficient (Wildman–Crippen LogP) is 2.72. The maximum absolute atomic E-state index is 12.2. The molecule has 0 bridgehead atoms. The summed E-state index contributed by atoms with van der Waals surface area (Å²) in [6, 6.07) is 5.13. The van der Waals surface area contributed by atoms with E-state index in [1.165, 1.54) is 6.39 Å². The standard InChI is InChI=1S/C16H22N4O3/c1-4-7-16(3,9-21)19-15(22)18-13-8-12(6-5-11(13)2)14-20-17-10-23-14/h5-6,8,10,21H,4,7,9H2,1-3H3,(H2,18,19,22). The molecule has 0 saturated carbocycles. The predicted molar refractivity (Wildman–Crippen MR) is 87.0 cm³/mol. The van der Waals surface area contributed by atoms with Crippen LogP contribution in [0, 0.1) is 6.92 Å². The first-order valence-corrected chi connectivity index (χ1v) is 7.54. The molecule has 1 unspecified atom stereocenters. The van der Waals surface area contributed by atoms with Crippen molar-refractivity contribution in [1.82, 2.24) is 15.5 Å². The molecule has 0 spiro atoms. The summed E-state index contributed by atoms with van der Waals surface area (Å²) in [7, 11) is 0. The molecule has 23 heavy (non-hydrogen) atoms. The lowest BCUT2D eigenvalue weighted by Gasteiger charge is -2.28. The Bertz CT molecular complexity index is 657. The molecule has 124 valence electrons. The van der Waals surface area contributed by atoms with E-state index in [-0.39, 0.29) is 12.6 Å². The number of rotatable bonds is 6. The van der Waals surface area contributed by atoms with Crippen LogP contribution in [0.4, 0.5) is 10.5 Å². The highest BCUT2D eigenvalue weighted by Gasteiger charge is 2.24. The maximum Gasteiger partial charge on any atom is 0.319 e. The van der Waals surface area contributed by atoms with E-state index in [4.69, 9.17) is 4.42 Å². The van der Waals surface area contributed by atoms with Gasteiger partial charge in [0.2, 0.25) is 12.3 Å². The molecule has 0 aliphatic carbocycles. The van der Waals surface area contributed by atoms with E-state index >= 15 is 0 Å². The Morgan fingerprint density at radius 1 is 1.43 bits per heavy atom. The summed E-state index contributed by atoms with van der Waals surface area (Å²) < 4.78 is 5.17. The van der Waals surface area contributed by atoms with Gasteiger partial charge in [0.05, 0.1) is 12.1 Å². The molecule has 3 N–H and O–H groups in total. The number of hydrogen-bond acceptors (Lipinski definition) is 5. The topological polar surface area (TPSA) is 100 Å². The van der Waals surface area contributed by atoms with E-state index in [2.05, 4.69) is 20.8 Å². The third-order valence-corrected chi connectivity index (χ3v) is 3.66. The molecule has 1 heterocycles. The van der Waals surface area contributed by atoms with E-state index < -0.39 is 5.54 Å². The zero-order chi connectivity index (χ0) is 16.9.